The van der Waals surface area contributed by atoms with Crippen molar-refractivity contribution in [2.45, 2.75) is 0 Å². The smallest absolute Gasteiger partial charge is 0.211 e. The van der Waals surface area contributed by atoms with Gasteiger partial charge in [-0.3, -0.25) is 4.79 Å². The van der Waals surface area contributed by atoms with Crippen LogP contribution in [0.25, 0.3) is 0 Å². The van der Waals surface area contributed by atoms with Crippen molar-refractivity contribution in [3.8, 4) is 0 Å². The van der Waals surface area contributed by atoms with Gasteiger partial charge < -0.3 is 16.0 Å². The number of para-hydroxylation sites is 1. The molecule has 1 aromatic rings. The monoisotopic (exact) mass is 179 g/mol. The summed E-state index contributed by atoms with van der Waals surface area (Å²) in [6.07, 6.45) is 0.641. The molecule has 0 aliphatic rings. The summed E-state index contributed by atoms with van der Waals surface area (Å²) in [6.45, 7) is 0. The average Bonchev–Trinajstić information content (AvgIpc) is 2.04. The summed E-state index contributed by atoms with van der Waals surface area (Å²) in [5, 5.41) is 2.60. The van der Waals surface area contributed by atoms with Crippen LogP contribution in [0.2, 0.25) is 0 Å². The van der Waals surface area contributed by atoms with Crippen molar-refractivity contribution >= 4 is 23.5 Å². The van der Waals surface area contributed by atoms with Crippen molar-refractivity contribution in [1.82, 2.24) is 0 Å². The summed E-state index contributed by atoms with van der Waals surface area (Å²) in [5.41, 5.74) is 7.96. The molecule has 0 atom stereocenters. The second kappa shape index (κ2) is 3.80. The molecule has 3 N–H and O–H groups in total. The van der Waals surface area contributed by atoms with E-state index in [0.29, 0.717) is 12.1 Å². The maximum atomic E-state index is 10.3. The van der Waals surface area contributed by atoms with E-state index >= 15 is 0 Å². The van der Waals surface area contributed by atoms with Gasteiger partial charge in [-0.2, -0.15) is 0 Å². The predicted molar refractivity (Wildman–Crippen MR) is 54.9 cm³/mol. The lowest BCUT2D eigenvalue weighted by molar-refractivity contribution is -0.105. The van der Waals surface area contributed by atoms with Gasteiger partial charge in [0.1, 0.15) is 0 Å². The minimum Gasteiger partial charge on any atom is -0.397 e. The molecule has 0 saturated heterocycles. The lowest BCUT2D eigenvalue weighted by Gasteiger charge is -2.18. The van der Waals surface area contributed by atoms with Crippen LogP contribution in [-0.4, -0.2) is 20.5 Å². The molecule has 0 saturated carbocycles. The van der Waals surface area contributed by atoms with E-state index in [4.69, 9.17) is 5.73 Å². The van der Waals surface area contributed by atoms with Crippen LogP contribution in [0.5, 0.6) is 0 Å². The summed E-state index contributed by atoms with van der Waals surface area (Å²) >= 11 is 0. The fraction of sp³-hybridized carbons (Fsp3) is 0.222. The molecule has 0 aromatic heterocycles. The Morgan fingerprint density at radius 2 is 2.15 bits per heavy atom. The van der Waals surface area contributed by atoms with Crippen molar-refractivity contribution in [2.24, 2.45) is 0 Å². The number of nitrogens with zero attached hydrogens (tertiary/aromatic N) is 1. The Balaban J connectivity index is 3.17. The maximum absolute atomic E-state index is 10.3. The third kappa shape index (κ3) is 1.90. The van der Waals surface area contributed by atoms with E-state index in [1.165, 1.54) is 0 Å². The van der Waals surface area contributed by atoms with Crippen LogP contribution < -0.4 is 16.0 Å². The van der Waals surface area contributed by atoms with E-state index in [2.05, 4.69) is 5.32 Å². The van der Waals surface area contributed by atoms with Crippen LogP contribution in [0.3, 0.4) is 0 Å². The Labute approximate surface area is 77.3 Å². The molecule has 0 fully saturated rings. The van der Waals surface area contributed by atoms with E-state index in [0.717, 1.165) is 11.4 Å². The van der Waals surface area contributed by atoms with E-state index in [-0.39, 0.29) is 0 Å². The average molecular weight is 179 g/mol. The first kappa shape index (κ1) is 9.38. The zero-order valence-electron chi connectivity index (χ0n) is 7.74. The first-order chi connectivity index (χ1) is 6.16. The number of carbonyl (C=O) groups excluding carboxylic acids is 1. The third-order valence-electron chi connectivity index (χ3n) is 1.73. The van der Waals surface area contributed by atoms with Gasteiger partial charge in [-0.15, -0.1) is 0 Å². The molecule has 0 aliphatic carbocycles. The molecule has 0 spiro atoms. The van der Waals surface area contributed by atoms with Crippen LogP contribution in [0.15, 0.2) is 18.2 Å². The number of amides is 1. The number of nitrogen functional groups attached to an aromatic ring is 1. The fourth-order valence-corrected chi connectivity index (χ4v) is 1.24. The molecule has 1 aromatic carbocycles. The number of anilines is 3. The highest BCUT2D eigenvalue weighted by Crippen LogP contribution is 2.29. The number of hydrogen-bond acceptors (Lipinski definition) is 3. The molecule has 4 heteroatoms. The zero-order chi connectivity index (χ0) is 9.84. The number of rotatable bonds is 3. The first-order valence-electron chi connectivity index (χ1n) is 3.93. The molecular weight excluding hydrogens is 166 g/mol. The summed E-state index contributed by atoms with van der Waals surface area (Å²) in [4.78, 5) is 12.2. The van der Waals surface area contributed by atoms with E-state index in [1.54, 1.807) is 18.2 Å². The van der Waals surface area contributed by atoms with Gasteiger partial charge in [0, 0.05) is 14.1 Å². The van der Waals surface area contributed by atoms with Crippen molar-refractivity contribution < 1.29 is 4.79 Å². The zero-order valence-corrected chi connectivity index (χ0v) is 7.74. The SMILES string of the molecule is CN(C)c1c(N)cccc1NC=O. The lowest BCUT2D eigenvalue weighted by atomic mass is 10.2. The molecule has 0 aliphatic heterocycles. The Bertz CT molecular complexity index is 310. The number of nitrogens with one attached hydrogen (secondary N) is 1. The van der Waals surface area contributed by atoms with E-state index in [1.807, 2.05) is 19.0 Å². The van der Waals surface area contributed by atoms with Crippen LogP contribution in [0.4, 0.5) is 17.1 Å². The highest BCUT2D eigenvalue weighted by Gasteiger charge is 2.06. The molecule has 0 heterocycles. The molecule has 1 amide bonds. The van der Waals surface area contributed by atoms with Gasteiger partial charge in [-0.25, -0.2) is 0 Å². The highest BCUT2D eigenvalue weighted by molar-refractivity contribution is 5.87. The standard InChI is InChI=1S/C9H13N3O/c1-12(2)9-7(10)4-3-5-8(9)11-6-13/h3-6H,10H2,1-2H3,(H,11,13). The third-order valence-corrected chi connectivity index (χ3v) is 1.73. The van der Waals surface area contributed by atoms with Crippen LogP contribution in [0.1, 0.15) is 0 Å². The molecule has 1 rings (SSSR count). The molecular formula is C9H13N3O. The van der Waals surface area contributed by atoms with Gasteiger partial charge in [0.05, 0.1) is 17.1 Å². The van der Waals surface area contributed by atoms with Gasteiger partial charge in [-0.1, -0.05) is 6.07 Å². The quantitative estimate of drug-likeness (QED) is 0.535. The summed E-state index contributed by atoms with van der Waals surface area (Å²) < 4.78 is 0. The molecule has 0 unspecified atom stereocenters. The molecule has 0 radical (unpaired) electrons. The van der Waals surface area contributed by atoms with Gasteiger partial charge >= 0.3 is 0 Å². The number of benzene rings is 1. The van der Waals surface area contributed by atoms with Gasteiger partial charge in [0.25, 0.3) is 0 Å². The first-order valence-corrected chi connectivity index (χ1v) is 3.93. The largest absolute Gasteiger partial charge is 0.397 e. The van der Waals surface area contributed by atoms with E-state index in [9.17, 15) is 4.79 Å². The minimum atomic E-state index is 0.641. The van der Waals surface area contributed by atoms with Gasteiger partial charge in [0.2, 0.25) is 6.41 Å². The van der Waals surface area contributed by atoms with Crippen molar-refractivity contribution in [3.63, 3.8) is 0 Å². The topological polar surface area (TPSA) is 58.4 Å². The summed E-state index contributed by atoms with van der Waals surface area (Å²) in [5.74, 6) is 0. The molecule has 4 nitrogen and oxygen atoms in total. The predicted octanol–water partition coefficient (Wildman–Crippen LogP) is 0.903. The van der Waals surface area contributed by atoms with Gasteiger partial charge in [0.15, 0.2) is 0 Å². The summed E-state index contributed by atoms with van der Waals surface area (Å²) in [6, 6.07) is 5.40. The normalized spacial score (nSPS) is 9.38. The van der Waals surface area contributed by atoms with Crippen molar-refractivity contribution in [3.05, 3.63) is 18.2 Å². The second-order valence-corrected chi connectivity index (χ2v) is 2.90. The number of hydrogen-bond donors (Lipinski definition) is 2. The maximum Gasteiger partial charge on any atom is 0.211 e. The number of carbonyl (C=O) groups is 1. The van der Waals surface area contributed by atoms with Crippen LogP contribution in [0, 0.1) is 0 Å². The lowest BCUT2D eigenvalue weighted by Crippen LogP contribution is -2.13. The Hall–Kier alpha value is -1.71. The van der Waals surface area contributed by atoms with Crippen molar-refractivity contribution in [2.75, 3.05) is 30.0 Å². The Morgan fingerprint density at radius 3 is 2.69 bits per heavy atom. The fourth-order valence-electron chi connectivity index (χ4n) is 1.24. The molecule has 0 bridgehead atoms. The molecule has 13 heavy (non-hydrogen) atoms. The Kier molecular flexibility index (Phi) is 2.74. The van der Waals surface area contributed by atoms with Gasteiger partial charge in [-0.05, 0) is 12.1 Å². The number of nitrogens with two attached hydrogens (primary N) is 1. The summed E-state index contributed by atoms with van der Waals surface area (Å²) in [7, 11) is 3.75. The highest BCUT2D eigenvalue weighted by atomic mass is 16.1. The van der Waals surface area contributed by atoms with Crippen molar-refractivity contribution in [1.29, 1.82) is 0 Å². The molecule has 70 valence electrons. The Morgan fingerprint density at radius 1 is 1.46 bits per heavy atom. The van der Waals surface area contributed by atoms with Crippen LogP contribution >= 0.6 is 0 Å². The minimum absolute atomic E-state index is 0.641. The van der Waals surface area contributed by atoms with Crippen LogP contribution in [-0.2, 0) is 4.79 Å². The van der Waals surface area contributed by atoms with E-state index < -0.39 is 0 Å². The second-order valence-electron chi connectivity index (χ2n) is 2.90.